The number of aryl methyl sites for hydroxylation is 1. The number of hydrogen-bond donors (Lipinski definition) is 2. The number of aromatic nitrogens is 2. The lowest BCUT2D eigenvalue weighted by Gasteiger charge is -2.11. The molecular formula is C8H10F2N2O2. The zero-order chi connectivity index (χ0) is 10.7. The first-order valence-electron chi connectivity index (χ1n) is 4.02. The number of carboxylic acids is 1. The molecule has 2 N–H and O–H groups in total. The molecule has 1 aromatic heterocycles. The number of carbonyl (C=O) groups is 1. The first-order valence-corrected chi connectivity index (χ1v) is 4.02. The van der Waals surface area contributed by atoms with Gasteiger partial charge in [-0.05, 0) is 6.92 Å². The molecule has 0 aromatic carbocycles. The maximum absolute atomic E-state index is 12.5. The van der Waals surface area contributed by atoms with E-state index in [0.29, 0.717) is 5.69 Å². The highest BCUT2D eigenvalue weighted by Crippen LogP contribution is 2.26. The number of hydrogen-bond acceptors (Lipinski definition) is 2. The van der Waals surface area contributed by atoms with Gasteiger partial charge in [0.2, 0.25) is 6.43 Å². The second-order valence-corrected chi connectivity index (χ2v) is 2.95. The third-order valence-corrected chi connectivity index (χ3v) is 1.92. The third kappa shape index (κ3) is 2.27. The van der Waals surface area contributed by atoms with Crippen molar-refractivity contribution in [2.24, 2.45) is 0 Å². The lowest BCUT2D eigenvalue weighted by molar-refractivity contribution is -0.138. The molecule has 0 aliphatic heterocycles. The highest BCUT2D eigenvalue weighted by molar-refractivity contribution is 5.68. The first-order chi connectivity index (χ1) is 6.52. The summed E-state index contributed by atoms with van der Waals surface area (Å²) in [5.41, 5.74) is 0.610. The molecule has 0 amide bonds. The maximum Gasteiger partial charge on any atom is 0.304 e. The second-order valence-electron chi connectivity index (χ2n) is 2.95. The molecule has 4 nitrogen and oxygen atoms in total. The van der Waals surface area contributed by atoms with Gasteiger partial charge in [-0.3, -0.25) is 4.79 Å². The normalized spacial score (nSPS) is 13.1. The lowest BCUT2D eigenvalue weighted by atomic mass is 10.0. The lowest BCUT2D eigenvalue weighted by Crippen LogP contribution is -2.15. The standard InChI is InChI=1S/C8H10F2N2O2/c1-4-7(12-3-11-4)5(8(9)10)2-6(13)14/h3,5,8H,2H2,1H3,(H,11,12)(H,13,14). The average molecular weight is 204 g/mol. The monoisotopic (exact) mass is 204 g/mol. The number of aromatic amines is 1. The van der Waals surface area contributed by atoms with Crippen molar-refractivity contribution in [3.8, 4) is 0 Å². The Morgan fingerprint density at radius 2 is 2.36 bits per heavy atom. The summed E-state index contributed by atoms with van der Waals surface area (Å²) >= 11 is 0. The van der Waals surface area contributed by atoms with Gasteiger partial charge in [0.1, 0.15) is 0 Å². The Bertz CT molecular complexity index is 325. The number of imidazole rings is 1. The number of rotatable bonds is 4. The van der Waals surface area contributed by atoms with Gasteiger partial charge in [0.25, 0.3) is 0 Å². The van der Waals surface area contributed by atoms with E-state index in [2.05, 4.69) is 9.97 Å². The third-order valence-electron chi connectivity index (χ3n) is 1.92. The number of aliphatic carboxylic acids is 1. The van der Waals surface area contributed by atoms with Gasteiger partial charge in [0.15, 0.2) is 0 Å². The van der Waals surface area contributed by atoms with Crippen LogP contribution in [0.25, 0.3) is 0 Å². The highest BCUT2D eigenvalue weighted by Gasteiger charge is 2.28. The number of alkyl halides is 2. The van der Waals surface area contributed by atoms with Crippen LogP contribution in [0.5, 0.6) is 0 Å². The smallest absolute Gasteiger partial charge is 0.304 e. The van der Waals surface area contributed by atoms with Crippen molar-refractivity contribution >= 4 is 5.97 Å². The van der Waals surface area contributed by atoms with E-state index in [1.807, 2.05) is 0 Å². The van der Waals surface area contributed by atoms with Crippen LogP contribution < -0.4 is 0 Å². The van der Waals surface area contributed by atoms with Crippen LogP contribution in [0.2, 0.25) is 0 Å². The van der Waals surface area contributed by atoms with E-state index in [-0.39, 0.29) is 5.69 Å². The Kier molecular flexibility index (Phi) is 3.16. The van der Waals surface area contributed by atoms with Crippen LogP contribution in [0.4, 0.5) is 8.78 Å². The van der Waals surface area contributed by atoms with Crippen LogP contribution in [0.3, 0.4) is 0 Å². The van der Waals surface area contributed by atoms with E-state index in [0.717, 1.165) is 0 Å². The fraction of sp³-hybridized carbons (Fsp3) is 0.500. The molecule has 0 aliphatic rings. The molecule has 0 saturated heterocycles. The molecule has 1 unspecified atom stereocenters. The molecule has 0 radical (unpaired) electrons. The second kappa shape index (κ2) is 4.17. The number of nitrogens with zero attached hydrogens (tertiary/aromatic N) is 1. The van der Waals surface area contributed by atoms with Crippen LogP contribution in [0.15, 0.2) is 6.33 Å². The van der Waals surface area contributed by atoms with Crippen LogP contribution in [0, 0.1) is 6.92 Å². The van der Waals surface area contributed by atoms with Crippen LogP contribution in [0.1, 0.15) is 23.7 Å². The minimum Gasteiger partial charge on any atom is -0.481 e. The van der Waals surface area contributed by atoms with Crippen molar-refractivity contribution in [2.75, 3.05) is 0 Å². The zero-order valence-electron chi connectivity index (χ0n) is 7.50. The largest absolute Gasteiger partial charge is 0.481 e. The number of carboxylic acid groups (broad SMARTS) is 1. The summed E-state index contributed by atoms with van der Waals surface area (Å²) in [5, 5.41) is 8.45. The molecule has 0 saturated carbocycles. The molecule has 0 fully saturated rings. The van der Waals surface area contributed by atoms with E-state index in [4.69, 9.17) is 5.11 Å². The van der Waals surface area contributed by atoms with Crippen LogP contribution in [-0.4, -0.2) is 27.5 Å². The minimum absolute atomic E-state index is 0.127. The number of H-pyrrole nitrogens is 1. The summed E-state index contributed by atoms with van der Waals surface area (Å²) in [5.74, 6) is -2.59. The van der Waals surface area contributed by atoms with Gasteiger partial charge in [-0.2, -0.15) is 0 Å². The van der Waals surface area contributed by atoms with Gasteiger partial charge in [0, 0.05) is 5.69 Å². The molecule has 14 heavy (non-hydrogen) atoms. The zero-order valence-corrected chi connectivity index (χ0v) is 7.50. The van der Waals surface area contributed by atoms with Crippen molar-refractivity contribution in [1.29, 1.82) is 0 Å². The Morgan fingerprint density at radius 3 is 2.71 bits per heavy atom. The Hall–Kier alpha value is -1.46. The van der Waals surface area contributed by atoms with E-state index < -0.39 is 24.7 Å². The van der Waals surface area contributed by atoms with E-state index in [9.17, 15) is 13.6 Å². The van der Waals surface area contributed by atoms with Crippen molar-refractivity contribution in [2.45, 2.75) is 25.7 Å². The van der Waals surface area contributed by atoms with Crippen molar-refractivity contribution in [1.82, 2.24) is 9.97 Å². The van der Waals surface area contributed by atoms with Crippen LogP contribution >= 0.6 is 0 Å². The molecule has 6 heteroatoms. The Balaban J connectivity index is 2.88. The van der Waals surface area contributed by atoms with Crippen molar-refractivity contribution in [3.63, 3.8) is 0 Å². The predicted molar refractivity (Wildman–Crippen MR) is 44.3 cm³/mol. The van der Waals surface area contributed by atoms with E-state index in [1.165, 1.54) is 6.33 Å². The summed E-state index contributed by atoms with van der Waals surface area (Å²) in [6.07, 6.45) is -2.04. The molecule has 1 atom stereocenters. The molecule has 0 spiro atoms. The van der Waals surface area contributed by atoms with Gasteiger partial charge < -0.3 is 10.1 Å². The molecular weight excluding hydrogens is 194 g/mol. The first kappa shape index (κ1) is 10.6. The number of halogens is 2. The van der Waals surface area contributed by atoms with Gasteiger partial charge in [-0.15, -0.1) is 0 Å². The van der Waals surface area contributed by atoms with Gasteiger partial charge >= 0.3 is 5.97 Å². The quantitative estimate of drug-likeness (QED) is 0.781. The summed E-state index contributed by atoms with van der Waals surface area (Å²) in [6, 6.07) is 0. The fourth-order valence-electron chi connectivity index (χ4n) is 1.24. The van der Waals surface area contributed by atoms with Gasteiger partial charge in [-0.1, -0.05) is 0 Å². The molecule has 0 aliphatic carbocycles. The molecule has 0 bridgehead atoms. The van der Waals surface area contributed by atoms with E-state index in [1.54, 1.807) is 6.92 Å². The summed E-state index contributed by atoms with van der Waals surface area (Å²) in [7, 11) is 0. The number of nitrogens with one attached hydrogen (secondary N) is 1. The van der Waals surface area contributed by atoms with Gasteiger partial charge in [-0.25, -0.2) is 13.8 Å². The van der Waals surface area contributed by atoms with E-state index >= 15 is 0 Å². The summed E-state index contributed by atoms with van der Waals surface area (Å²) < 4.78 is 25.0. The van der Waals surface area contributed by atoms with Gasteiger partial charge in [0.05, 0.1) is 24.4 Å². The Morgan fingerprint density at radius 1 is 1.71 bits per heavy atom. The van der Waals surface area contributed by atoms with Crippen molar-refractivity contribution in [3.05, 3.63) is 17.7 Å². The Labute approximate surface area is 79.0 Å². The van der Waals surface area contributed by atoms with Crippen molar-refractivity contribution < 1.29 is 18.7 Å². The summed E-state index contributed by atoms with van der Waals surface area (Å²) in [6.45, 7) is 1.58. The highest BCUT2D eigenvalue weighted by atomic mass is 19.3. The van der Waals surface area contributed by atoms with Crippen LogP contribution in [-0.2, 0) is 4.79 Å². The maximum atomic E-state index is 12.5. The topological polar surface area (TPSA) is 66.0 Å². The molecule has 1 heterocycles. The molecule has 1 rings (SSSR count). The fourth-order valence-corrected chi connectivity index (χ4v) is 1.24. The predicted octanol–water partition coefficient (Wildman–Crippen LogP) is 1.54. The molecule has 1 aromatic rings. The SMILES string of the molecule is Cc1[nH]cnc1C(CC(=O)O)C(F)F. The molecule has 78 valence electrons. The average Bonchev–Trinajstić information content (AvgIpc) is 2.46. The minimum atomic E-state index is -2.71. The summed E-state index contributed by atoms with van der Waals surface area (Å²) in [4.78, 5) is 16.7.